The molecule has 0 aromatic rings. The molecule has 0 aliphatic heterocycles. The number of aliphatic hydroxyl groups excluding tert-OH is 1. The Morgan fingerprint density at radius 1 is 1.33 bits per heavy atom. The summed E-state index contributed by atoms with van der Waals surface area (Å²) in [6.07, 6.45) is 1.82. The van der Waals surface area contributed by atoms with E-state index in [1.807, 2.05) is 13.8 Å². The van der Waals surface area contributed by atoms with Gasteiger partial charge in [0.05, 0.1) is 0 Å². The molecular weight excluding hydrogens is 194 g/mol. The van der Waals surface area contributed by atoms with Gasteiger partial charge in [-0.15, -0.1) is 0 Å². The van der Waals surface area contributed by atoms with Crippen molar-refractivity contribution >= 4 is 11.7 Å². The molecule has 1 unspecified atom stereocenters. The van der Waals surface area contributed by atoms with Crippen molar-refractivity contribution in [2.45, 2.75) is 52.0 Å². The summed E-state index contributed by atoms with van der Waals surface area (Å²) in [7, 11) is 0. The first-order valence-corrected chi connectivity index (χ1v) is 5.35. The van der Waals surface area contributed by atoms with Gasteiger partial charge >= 0.3 is 0 Å². The predicted molar refractivity (Wildman–Crippen MR) is 58.5 cm³/mol. The van der Waals surface area contributed by atoms with Crippen LogP contribution in [-0.4, -0.2) is 28.9 Å². The Morgan fingerprint density at radius 3 is 2.33 bits per heavy atom. The Hall–Kier alpha value is -0.900. The molecule has 0 aromatic heterocycles. The molecule has 0 fully saturated rings. The summed E-state index contributed by atoms with van der Waals surface area (Å²) in [5.74, 6) is -0.103. The second-order valence-electron chi connectivity index (χ2n) is 4.14. The number of carbonyl (C=O) groups excluding carboxylic acids is 2. The highest BCUT2D eigenvalue weighted by Gasteiger charge is 2.23. The van der Waals surface area contributed by atoms with Gasteiger partial charge in [-0.25, -0.2) is 0 Å². The zero-order chi connectivity index (χ0) is 11.9. The summed E-state index contributed by atoms with van der Waals surface area (Å²) < 4.78 is 0. The smallest absolute Gasteiger partial charge is 0.220 e. The average molecular weight is 215 g/mol. The molecule has 1 atom stereocenters. The Morgan fingerprint density at radius 2 is 1.93 bits per heavy atom. The third-order valence-corrected chi connectivity index (χ3v) is 2.59. The van der Waals surface area contributed by atoms with E-state index in [1.54, 1.807) is 0 Å². The highest BCUT2D eigenvalue weighted by molar-refractivity contribution is 5.83. The monoisotopic (exact) mass is 215 g/mol. The van der Waals surface area contributed by atoms with Crippen LogP contribution in [0, 0.1) is 0 Å². The van der Waals surface area contributed by atoms with Crippen LogP contribution >= 0.6 is 0 Å². The Kier molecular flexibility index (Phi) is 6.17. The lowest BCUT2D eigenvalue weighted by Gasteiger charge is -2.28. The van der Waals surface area contributed by atoms with Gasteiger partial charge in [0.1, 0.15) is 5.78 Å². The zero-order valence-corrected chi connectivity index (χ0v) is 9.80. The van der Waals surface area contributed by atoms with E-state index in [9.17, 15) is 9.59 Å². The summed E-state index contributed by atoms with van der Waals surface area (Å²) >= 11 is 0. The van der Waals surface area contributed by atoms with Crippen molar-refractivity contribution in [3.63, 3.8) is 0 Å². The maximum absolute atomic E-state index is 11.5. The van der Waals surface area contributed by atoms with Crippen LogP contribution in [0.3, 0.4) is 0 Å². The number of amides is 1. The van der Waals surface area contributed by atoms with E-state index < -0.39 is 0 Å². The number of aliphatic hydroxyl groups is 1. The fraction of sp³-hybridized carbons (Fsp3) is 0.818. The van der Waals surface area contributed by atoms with Crippen molar-refractivity contribution in [2.75, 3.05) is 6.61 Å². The van der Waals surface area contributed by atoms with Crippen LogP contribution in [0.5, 0.6) is 0 Å². The van der Waals surface area contributed by atoms with Crippen LogP contribution in [0.4, 0.5) is 0 Å². The van der Waals surface area contributed by atoms with Crippen LogP contribution in [0.2, 0.25) is 0 Å². The SMILES string of the molecule is CCC(C)(CCO)NC(=O)CCC(C)=O. The Balaban J connectivity index is 4.06. The molecule has 0 heterocycles. The molecule has 0 aromatic carbocycles. The van der Waals surface area contributed by atoms with E-state index in [4.69, 9.17) is 5.11 Å². The fourth-order valence-electron chi connectivity index (χ4n) is 1.26. The Bertz CT molecular complexity index is 228. The lowest BCUT2D eigenvalue weighted by atomic mass is 9.94. The minimum absolute atomic E-state index is 0.0190. The summed E-state index contributed by atoms with van der Waals surface area (Å²) in [6, 6.07) is 0. The molecule has 4 nitrogen and oxygen atoms in total. The standard InChI is InChI=1S/C11H21NO3/c1-4-11(3,7-8-13)12-10(15)6-5-9(2)14/h13H,4-8H2,1-3H3,(H,12,15). The highest BCUT2D eigenvalue weighted by Crippen LogP contribution is 2.14. The van der Waals surface area contributed by atoms with Crippen LogP contribution < -0.4 is 5.32 Å². The van der Waals surface area contributed by atoms with Crippen molar-refractivity contribution in [2.24, 2.45) is 0 Å². The Labute approximate surface area is 91.1 Å². The van der Waals surface area contributed by atoms with Gasteiger partial charge in [0.2, 0.25) is 5.91 Å². The molecule has 1 amide bonds. The first kappa shape index (κ1) is 14.1. The highest BCUT2D eigenvalue weighted by atomic mass is 16.3. The molecule has 0 rings (SSSR count). The second-order valence-corrected chi connectivity index (χ2v) is 4.14. The van der Waals surface area contributed by atoms with Crippen molar-refractivity contribution in [1.82, 2.24) is 5.32 Å². The lowest BCUT2D eigenvalue weighted by Crippen LogP contribution is -2.46. The number of nitrogens with one attached hydrogen (secondary N) is 1. The predicted octanol–water partition coefficient (Wildman–Crippen LogP) is 1.02. The summed E-state index contributed by atoms with van der Waals surface area (Å²) in [6.45, 7) is 5.38. The van der Waals surface area contributed by atoms with Gasteiger partial charge in [0, 0.05) is 25.0 Å². The van der Waals surface area contributed by atoms with Gasteiger partial charge in [0.25, 0.3) is 0 Å². The minimum Gasteiger partial charge on any atom is -0.396 e. The molecule has 15 heavy (non-hydrogen) atoms. The molecule has 0 saturated heterocycles. The summed E-state index contributed by atoms with van der Waals surface area (Å²) in [5.41, 5.74) is -0.359. The average Bonchev–Trinajstić information content (AvgIpc) is 2.15. The first-order chi connectivity index (χ1) is 6.93. The van der Waals surface area contributed by atoms with Gasteiger partial charge < -0.3 is 15.2 Å². The van der Waals surface area contributed by atoms with Gasteiger partial charge in [-0.2, -0.15) is 0 Å². The molecule has 4 heteroatoms. The largest absolute Gasteiger partial charge is 0.396 e. The summed E-state index contributed by atoms with van der Waals surface area (Å²) in [4.78, 5) is 22.1. The number of rotatable bonds is 7. The molecule has 0 aliphatic rings. The lowest BCUT2D eigenvalue weighted by molar-refractivity contribution is -0.126. The van der Waals surface area contributed by atoms with Gasteiger partial charge in [-0.3, -0.25) is 4.79 Å². The molecule has 0 spiro atoms. The van der Waals surface area contributed by atoms with E-state index in [2.05, 4.69) is 5.32 Å². The van der Waals surface area contributed by atoms with Crippen LogP contribution in [0.1, 0.15) is 46.5 Å². The number of ketones is 1. The zero-order valence-electron chi connectivity index (χ0n) is 9.80. The topological polar surface area (TPSA) is 66.4 Å². The van der Waals surface area contributed by atoms with E-state index in [1.165, 1.54) is 6.92 Å². The molecular formula is C11H21NO3. The number of hydrogen-bond acceptors (Lipinski definition) is 3. The molecule has 0 bridgehead atoms. The van der Waals surface area contributed by atoms with Crippen molar-refractivity contribution < 1.29 is 14.7 Å². The number of carbonyl (C=O) groups is 2. The van der Waals surface area contributed by atoms with E-state index in [-0.39, 0.29) is 36.7 Å². The molecule has 2 N–H and O–H groups in total. The number of Topliss-reactive ketones (excluding diaryl/α,β-unsaturated/α-hetero) is 1. The van der Waals surface area contributed by atoms with E-state index in [0.717, 1.165) is 6.42 Å². The maximum Gasteiger partial charge on any atom is 0.220 e. The van der Waals surface area contributed by atoms with Crippen molar-refractivity contribution in [3.8, 4) is 0 Å². The van der Waals surface area contributed by atoms with Crippen molar-refractivity contribution in [3.05, 3.63) is 0 Å². The quantitative estimate of drug-likeness (QED) is 0.666. The molecule has 0 radical (unpaired) electrons. The first-order valence-electron chi connectivity index (χ1n) is 5.35. The van der Waals surface area contributed by atoms with Crippen LogP contribution in [0.25, 0.3) is 0 Å². The molecule has 0 saturated carbocycles. The van der Waals surface area contributed by atoms with Gasteiger partial charge in [-0.1, -0.05) is 6.92 Å². The van der Waals surface area contributed by atoms with Crippen LogP contribution in [-0.2, 0) is 9.59 Å². The van der Waals surface area contributed by atoms with Crippen LogP contribution in [0.15, 0.2) is 0 Å². The van der Waals surface area contributed by atoms with Gasteiger partial charge in [-0.05, 0) is 26.7 Å². The molecule has 0 aliphatic carbocycles. The third kappa shape index (κ3) is 6.23. The van der Waals surface area contributed by atoms with Gasteiger partial charge in [0.15, 0.2) is 0 Å². The van der Waals surface area contributed by atoms with Crippen molar-refractivity contribution in [1.29, 1.82) is 0 Å². The third-order valence-electron chi connectivity index (χ3n) is 2.59. The van der Waals surface area contributed by atoms with E-state index in [0.29, 0.717) is 6.42 Å². The summed E-state index contributed by atoms with van der Waals surface area (Å²) in [5, 5.41) is 11.7. The minimum atomic E-state index is -0.359. The van der Waals surface area contributed by atoms with E-state index >= 15 is 0 Å². The second kappa shape index (κ2) is 6.56. The number of hydrogen-bond donors (Lipinski definition) is 2. The molecule has 88 valence electrons. The normalized spacial score (nSPS) is 14.4. The maximum atomic E-state index is 11.5. The fourth-order valence-corrected chi connectivity index (χ4v) is 1.26.